The Morgan fingerprint density at radius 2 is 2.04 bits per heavy atom. The third kappa shape index (κ3) is 5.84. The lowest BCUT2D eigenvalue weighted by Crippen LogP contribution is -2.47. The number of aromatic nitrogens is 1. The second-order valence-electron chi connectivity index (χ2n) is 8.31. The maximum Gasteiger partial charge on any atom is 0.410 e. The number of pyridine rings is 1. The van der Waals surface area contributed by atoms with Crippen LogP contribution in [0.5, 0.6) is 5.88 Å². The quantitative estimate of drug-likeness (QED) is 0.827. The molecular formula is C20H29N3O4. The zero-order chi connectivity index (χ0) is 19.4. The number of hydrogen-bond donors (Lipinski definition) is 1. The number of ether oxygens (including phenoxy) is 2. The van der Waals surface area contributed by atoms with Crippen molar-refractivity contribution in [3.63, 3.8) is 0 Å². The van der Waals surface area contributed by atoms with Gasteiger partial charge in [0.2, 0.25) is 11.8 Å². The van der Waals surface area contributed by atoms with Crippen LogP contribution in [0.15, 0.2) is 18.3 Å². The molecule has 2 aliphatic rings. The largest absolute Gasteiger partial charge is 0.477 e. The summed E-state index contributed by atoms with van der Waals surface area (Å²) in [5.74, 6) is 1.14. The number of hydrogen-bond acceptors (Lipinski definition) is 5. The van der Waals surface area contributed by atoms with Gasteiger partial charge in [0.05, 0.1) is 6.61 Å². The molecule has 1 atom stereocenters. The third-order valence-electron chi connectivity index (χ3n) is 4.61. The van der Waals surface area contributed by atoms with Gasteiger partial charge in [0.15, 0.2) is 0 Å². The molecule has 0 unspecified atom stereocenters. The topological polar surface area (TPSA) is 80.8 Å². The van der Waals surface area contributed by atoms with Crippen molar-refractivity contribution < 1.29 is 19.1 Å². The summed E-state index contributed by atoms with van der Waals surface area (Å²) in [6.07, 6.45) is 5.21. The molecule has 0 radical (unpaired) electrons. The van der Waals surface area contributed by atoms with Crippen molar-refractivity contribution in [2.45, 2.75) is 64.6 Å². The van der Waals surface area contributed by atoms with E-state index in [-0.39, 0.29) is 5.91 Å². The highest BCUT2D eigenvalue weighted by Crippen LogP contribution is 2.29. The van der Waals surface area contributed by atoms with Gasteiger partial charge in [-0.3, -0.25) is 9.69 Å². The zero-order valence-electron chi connectivity index (χ0n) is 16.4. The molecule has 2 amide bonds. The molecule has 1 aliphatic carbocycles. The van der Waals surface area contributed by atoms with Crippen molar-refractivity contribution in [1.82, 2.24) is 15.2 Å². The number of nitrogens with one attached hydrogen (secondary N) is 1. The summed E-state index contributed by atoms with van der Waals surface area (Å²) in [5.41, 5.74) is 0.319. The van der Waals surface area contributed by atoms with Crippen LogP contribution in [0, 0.1) is 5.92 Å². The van der Waals surface area contributed by atoms with Crippen LogP contribution in [0.2, 0.25) is 0 Å². The summed E-state index contributed by atoms with van der Waals surface area (Å²) in [7, 11) is 0. The molecule has 1 aromatic heterocycles. The Balaban J connectivity index is 1.48. The predicted octanol–water partition coefficient (Wildman–Crippen LogP) is 2.89. The molecule has 1 aliphatic heterocycles. The lowest BCUT2D eigenvalue weighted by atomic mass is 10.2. The highest BCUT2D eigenvalue weighted by atomic mass is 16.6. The monoisotopic (exact) mass is 375 g/mol. The highest BCUT2D eigenvalue weighted by molar-refractivity contribution is 5.86. The van der Waals surface area contributed by atoms with E-state index in [1.165, 1.54) is 17.7 Å². The third-order valence-corrected chi connectivity index (χ3v) is 4.61. The molecule has 0 bridgehead atoms. The number of likely N-dealkylation sites (tertiary alicyclic amines) is 1. The molecule has 148 valence electrons. The summed E-state index contributed by atoms with van der Waals surface area (Å²) < 4.78 is 11.0. The van der Waals surface area contributed by atoms with Gasteiger partial charge in [-0.05, 0) is 57.9 Å². The van der Waals surface area contributed by atoms with Gasteiger partial charge in [0, 0.05) is 25.4 Å². The number of nitrogens with zero attached hydrogens (tertiary/aromatic N) is 2. The molecule has 1 N–H and O–H groups in total. The summed E-state index contributed by atoms with van der Waals surface area (Å²) in [4.78, 5) is 30.6. The van der Waals surface area contributed by atoms with Gasteiger partial charge in [0.25, 0.3) is 0 Å². The van der Waals surface area contributed by atoms with Crippen LogP contribution in [-0.2, 0) is 16.1 Å². The first-order chi connectivity index (χ1) is 12.8. The summed E-state index contributed by atoms with van der Waals surface area (Å²) in [5, 5.41) is 2.90. The van der Waals surface area contributed by atoms with E-state index < -0.39 is 17.7 Å². The Morgan fingerprint density at radius 3 is 2.67 bits per heavy atom. The molecule has 0 spiro atoms. The molecule has 2 heterocycles. The Morgan fingerprint density at radius 1 is 1.26 bits per heavy atom. The summed E-state index contributed by atoms with van der Waals surface area (Å²) in [6.45, 7) is 7.10. The lowest BCUT2D eigenvalue weighted by Gasteiger charge is -2.28. The number of carbonyl (C=O) groups is 2. The fourth-order valence-electron chi connectivity index (χ4n) is 2.97. The van der Waals surface area contributed by atoms with Crippen LogP contribution in [0.1, 0.15) is 52.0 Å². The molecule has 3 rings (SSSR count). The average Bonchev–Trinajstić information content (AvgIpc) is 3.30. The van der Waals surface area contributed by atoms with Crippen LogP contribution in [-0.4, -0.2) is 46.7 Å². The van der Waals surface area contributed by atoms with Crippen molar-refractivity contribution >= 4 is 12.0 Å². The minimum absolute atomic E-state index is 0.160. The van der Waals surface area contributed by atoms with Crippen LogP contribution in [0.25, 0.3) is 0 Å². The van der Waals surface area contributed by atoms with E-state index in [0.29, 0.717) is 31.3 Å². The first-order valence-electron chi connectivity index (χ1n) is 9.67. The summed E-state index contributed by atoms with van der Waals surface area (Å²) >= 11 is 0. The number of rotatable bonds is 6. The molecule has 7 nitrogen and oxygen atoms in total. The average molecular weight is 375 g/mol. The number of carbonyl (C=O) groups excluding carboxylic acids is 2. The van der Waals surface area contributed by atoms with Gasteiger partial charge in [-0.25, -0.2) is 9.78 Å². The normalized spacial score (nSPS) is 19.7. The maximum atomic E-state index is 12.5. The molecule has 7 heteroatoms. The Hall–Kier alpha value is -2.31. The fourth-order valence-corrected chi connectivity index (χ4v) is 2.97. The molecule has 0 aromatic carbocycles. The molecular weight excluding hydrogens is 346 g/mol. The van der Waals surface area contributed by atoms with Crippen molar-refractivity contribution in [2.24, 2.45) is 5.92 Å². The predicted molar refractivity (Wildman–Crippen MR) is 100 cm³/mol. The van der Waals surface area contributed by atoms with E-state index in [9.17, 15) is 9.59 Å². The van der Waals surface area contributed by atoms with E-state index in [1.807, 2.05) is 32.9 Å². The van der Waals surface area contributed by atoms with Gasteiger partial charge < -0.3 is 14.8 Å². The minimum atomic E-state index is -0.574. The maximum absolute atomic E-state index is 12.5. The van der Waals surface area contributed by atoms with E-state index >= 15 is 0 Å². The van der Waals surface area contributed by atoms with Gasteiger partial charge >= 0.3 is 6.09 Å². The number of amides is 2. The summed E-state index contributed by atoms with van der Waals surface area (Å²) in [6, 6.07) is 3.25. The van der Waals surface area contributed by atoms with Gasteiger partial charge in [-0.15, -0.1) is 0 Å². The van der Waals surface area contributed by atoms with Crippen LogP contribution >= 0.6 is 0 Å². The smallest absolute Gasteiger partial charge is 0.410 e. The second kappa shape index (κ2) is 8.15. The van der Waals surface area contributed by atoms with Gasteiger partial charge in [-0.2, -0.15) is 0 Å². The molecule has 27 heavy (non-hydrogen) atoms. The van der Waals surface area contributed by atoms with Crippen molar-refractivity contribution in [2.75, 3.05) is 13.2 Å². The van der Waals surface area contributed by atoms with E-state index in [2.05, 4.69) is 10.3 Å². The van der Waals surface area contributed by atoms with Crippen molar-refractivity contribution in [1.29, 1.82) is 0 Å². The van der Waals surface area contributed by atoms with E-state index in [4.69, 9.17) is 9.47 Å². The molecule has 1 saturated heterocycles. The Kier molecular flexibility index (Phi) is 5.87. The molecule has 1 saturated carbocycles. The lowest BCUT2D eigenvalue weighted by molar-refractivity contribution is -0.125. The van der Waals surface area contributed by atoms with Crippen LogP contribution in [0.4, 0.5) is 4.79 Å². The highest BCUT2D eigenvalue weighted by Gasteiger charge is 2.36. The zero-order valence-corrected chi connectivity index (χ0v) is 16.4. The molecule has 2 fully saturated rings. The Bertz CT molecular complexity index is 665. The van der Waals surface area contributed by atoms with Crippen molar-refractivity contribution in [3.05, 3.63) is 23.9 Å². The fraction of sp³-hybridized carbons (Fsp3) is 0.650. The second-order valence-corrected chi connectivity index (χ2v) is 8.31. The van der Waals surface area contributed by atoms with Crippen LogP contribution < -0.4 is 10.1 Å². The SMILES string of the molecule is CC(C)(C)OC(=O)N1CCC[C@H]1C(=O)NCc1ccc(OCC2CC2)nc1. The van der Waals surface area contributed by atoms with E-state index in [0.717, 1.165) is 18.6 Å². The minimum Gasteiger partial charge on any atom is -0.477 e. The molecule has 1 aromatic rings. The van der Waals surface area contributed by atoms with Gasteiger partial charge in [0.1, 0.15) is 11.6 Å². The standard InChI is InChI=1S/C20H29N3O4/c1-20(2,3)27-19(25)23-10-4-5-16(23)18(24)22-12-15-8-9-17(21-11-15)26-13-14-6-7-14/h8-9,11,14,16H,4-7,10,12-13H2,1-3H3,(H,22,24)/t16-/m0/s1. The van der Waals surface area contributed by atoms with E-state index in [1.54, 1.807) is 6.20 Å². The van der Waals surface area contributed by atoms with Crippen LogP contribution in [0.3, 0.4) is 0 Å². The van der Waals surface area contributed by atoms with Gasteiger partial charge in [-0.1, -0.05) is 6.07 Å². The first-order valence-corrected chi connectivity index (χ1v) is 9.67. The van der Waals surface area contributed by atoms with Crippen molar-refractivity contribution in [3.8, 4) is 5.88 Å². The Labute approximate surface area is 160 Å². The first kappa shape index (κ1) is 19.5.